The van der Waals surface area contributed by atoms with E-state index in [1.54, 1.807) is 0 Å². The van der Waals surface area contributed by atoms with Gasteiger partial charge >= 0.3 is 5.97 Å². The molecule has 2 aromatic rings. The summed E-state index contributed by atoms with van der Waals surface area (Å²) in [6, 6.07) is 18.2. The molecule has 0 aliphatic rings. The van der Waals surface area contributed by atoms with Gasteiger partial charge in [-0.15, -0.1) is 4.91 Å². The molecule has 0 unspecified atom stereocenters. The second-order valence-electron chi connectivity index (χ2n) is 4.63. The lowest BCUT2D eigenvalue weighted by Gasteiger charge is -2.18. The van der Waals surface area contributed by atoms with E-state index in [1.165, 1.54) is 0 Å². The van der Waals surface area contributed by atoms with Crippen molar-refractivity contribution in [2.45, 2.75) is 6.10 Å². The van der Waals surface area contributed by atoms with Crippen molar-refractivity contribution in [1.29, 1.82) is 0 Å². The van der Waals surface area contributed by atoms with Gasteiger partial charge < -0.3 is 9.84 Å². The second-order valence-corrected chi connectivity index (χ2v) is 5.19. The van der Waals surface area contributed by atoms with Crippen LogP contribution in [0, 0.1) is 4.91 Å². The van der Waals surface area contributed by atoms with Crippen molar-refractivity contribution < 1.29 is 14.6 Å². The fraction of sp³-hybridized carbons (Fsp3) is 0.118. The third kappa shape index (κ3) is 4.26. The van der Waals surface area contributed by atoms with Crippen molar-refractivity contribution in [1.82, 2.24) is 0 Å². The van der Waals surface area contributed by atoms with Crippen molar-refractivity contribution in [2.24, 2.45) is 5.18 Å². The molecule has 0 aliphatic heterocycles. The highest BCUT2D eigenvalue weighted by Gasteiger charge is 2.24. The number of aliphatic hydroxyl groups is 1. The smallest absolute Gasteiger partial charge is 0.365 e. The van der Waals surface area contributed by atoms with Crippen LogP contribution in [0.25, 0.3) is 0 Å². The maximum absolute atomic E-state index is 12.2. The highest BCUT2D eigenvalue weighted by atomic mass is 79.9. The summed E-state index contributed by atoms with van der Waals surface area (Å²) in [6.45, 7) is 0. The van der Waals surface area contributed by atoms with Gasteiger partial charge in [-0.25, -0.2) is 4.79 Å². The van der Waals surface area contributed by atoms with Crippen LogP contribution in [-0.4, -0.2) is 16.4 Å². The van der Waals surface area contributed by atoms with Gasteiger partial charge in [-0.2, -0.15) is 0 Å². The molecule has 23 heavy (non-hydrogen) atoms. The van der Waals surface area contributed by atoms with E-state index in [0.717, 1.165) is 11.1 Å². The number of hydrogen-bond donors (Lipinski definition) is 1. The van der Waals surface area contributed by atoms with E-state index in [2.05, 4.69) is 21.1 Å². The molecule has 1 N–H and O–H groups in total. The number of nitrogens with zero attached hydrogens (tertiary/aromatic N) is 1. The zero-order valence-corrected chi connectivity index (χ0v) is 13.6. The van der Waals surface area contributed by atoms with Gasteiger partial charge in [-0.1, -0.05) is 76.6 Å². The lowest BCUT2D eigenvalue weighted by atomic mass is 10.0. The predicted molar refractivity (Wildman–Crippen MR) is 90.1 cm³/mol. The number of hydrogen-bond acceptors (Lipinski definition) is 5. The number of allylic oxidation sites excluding steroid dienone is 1. The number of aliphatic hydroxyl groups excluding tert-OH is 1. The largest absolute Gasteiger partial charge is 0.509 e. The van der Waals surface area contributed by atoms with Gasteiger partial charge in [0.05, 0.1) is 5.33 Å². The van der Waals surface area contributed by atoms with Crippen LogP contribution < -0.4 is 0 Å². The normalized spacial score (nSPS) is 11.7. The van der Waals surface area contributed by atoms with Crippen LogP contribution in [0.5, 0.6) is 0 Å². The third-order valence-corrected chi connectivity index (χ3v) is 3.65. The molecule has 0 atom stereocenters. The average molecular weight is 376 g/mol. The number of carbonyl (C=O) groups excluding carboxylic acids is 1. The van der Waals surface area contributed by atoms with Crippen molar-refractivity contribution in [3.63, 3.8) is 0 Å². The van der Waals surface area contributed by atoms with E-state index in [0.29, 0.717) is 0 Å². The molecule has 0 saturated heterocycles. The summed E-state index contributed by atoms with van der Waals surface area (Å²) >= 11 is 2.97. The maximum Gasteiger partial charge on any atom is 0.365 e. The van der Waals surface area contributed by atoms with Crippen LogP contribution in [0.15, 0.2) is 77.3 Å². The Hall–Kier alpha value is -2.47. The average Bonchev–Trinajstić information content (AvgIpc) is 2.61. The van der Waals surface area contributed by atoms with Crippen LogP contribution in [-0.2, 0) is 9.53 Å². The SMILES string of the molecule is O=NC(C(=O)OC(c1ccccc1)c1ccccc1)=C(O)CBr. The van der Waals surface area contributed by atoms with Gasteiger partial charge in [0.2, 0.25) is 5.70 Å². The molecule has 6 heteroatoms. The standard InChI is InChI=1S/C17H14BrNO4/c18-11-14(20)15(19-22)17(21)23-16(12-7-3-1-4-8-12)13-9-5-2-6-10-13/h1-10,16,20H,11H2. The molecule has 0 fully saturated rings. The zero-order valence-electron chi connectivity index (χ0n) is 12.1. The summed E-state index contributed by atoms with van der Waals surface area (Å²) in [4.78, 5) is 23.0. The first-order valence-electron chi connectivity index (χ1n) is 6.79. The number of nitroso groups, excluding NO2 is 1. The van der Waals surface area contributed by atoms with Gasteiger partial charge in [0.15, 0.2) is 6.10 Å². The molecule has 5 nitrogen and oxygen atoms in total. The molecule has 118 valence electrons. The topological polar surface area (TPSA) is 76.0 Å². The summed E-state index contributed by atoms with van der Waals surface area (Å²) in [5, 5.41) is 12.1. The van der Waals surface area contributed by atoms with E-state index in [9.17, 15) is 14.8 Å². The first-order chi connectivity index (χ1) is 11.2. The number of halogens is 1. The Labute approximate surface area is 141 Å². The van der Waals surface area contributed by atoms with E-state index in [1.807, 2.05) is 60.7 Å². The third-order valence-electron chi connectivity index (χ3n) is 3.11. The number of esters is 1. The molecule has 0 heterocycles. The van der Waals surface area contributed by atoms with Crippen LogP contribution in [0.3, 0.4) is 0 Å². The van der Waals surface area contributed by atoms with Gasteiger partial charge in [0, 0.05) is 0 Å². The number of alkyl halides is 1. The Balaban J connectivity index is 2.36. The number of benzene rings is 2. The Bertz CT molecular complexity index is 662. The van der Waals surface area contributed by atoms with Crippen molar-refractivity contribution in [3.8, 4) is 0 Å². The second kappa shape index (κ2) is 8.24. The first kappa shape index (κ1) is 16.9. The van der Waals surface area contributed by atoms with Gasteiger partial charge in [0.1, 0.15) is 5.76 Å². The molecule has 0 aromatic heterocycles. The Morgan fingerprint density at radius 1 is 1.04 bits per heavy atom. The molecule has 0 spiro atoms. The van der Waals surface area contributed by atoms with Gasteiger partial charge in [-0.3, -0.25) is 0 Å². The molecule has 2 rings (SSSR count). The van der Waals surface area contributed by atoms with Crippen molar-refractivity contribution in [3.05, 3.63) is 88.2 Å². The van der Waals surface area contributed by atoms with Gasteiger partial charge in [-0.05, 0) is 16.3 Å². The molecule has 0 saturated carbocycles. The van der Waals surface area contributed by atoms with Crippen LogP contribution in [0.4, 0.5) is 0 Å². The fourth-order valence-corrected chi connectivity index (χ4v) is 2.28. The minimum Gasteiger partial charge on any atom is -0.509 e. The maximum atomic E-state index is 12.2. The summed E-state index contributed by atoms with van der Waals surface area (Å²) in [7, 11) is 0. The van der Waals surface area contributed by atoms with Crippen molar-refractivity contribution in [2.75, 3.05) is 5.33 Å². The van der Waals surface area contributed by atoms with Crippen molar-refractivity contribution >= 4 is 21.9 Å². The molecule has 2 aromatic carbocycles. The fourth-order valence-electron chi connectivity index (χ4n) is 2.02. The molecular weight excluding hydrogens is 362 g/mol. The summed E-state index contributed by atoms with van der Waals surface area (Å²) in [6.07, 6.45) is -0.704. The quantitative estimate of drug-likeness (QED) is 0.269. The molecule has 0 amide bonds. The summed E-state index contributed by atoms with van der Waals surface area (Å²) < 4.78 is 5.43. The van der Waals surface area contributed by atoms with Crippen LogP contribution >= 0.6 is 15.9 Å². The number of ether oxygens (including phenoxy) is 1. The lowest BCUT2D eigenvalue weighted by Crippen LogP contribution is -2.15. The molecule has 0 aliphatic carbocycles. The highest BCUT2D eigenvalue weighted by molar-refractivity contribution is 9.09. The molecule has 0 radical (unpaired) electrons. The number of rotatable bonds is 6. The van der Waals surface area contributed by atoms with E-state index in [-0.39, 0.29) is 5.33 Å². The van der Waals surface area contributed by atoms with E-state index < -0.39 is 23.5 Å². The van der Waals surface area contributed by atoms with Gasteiger partial charge in [0.25, 0.3) is 0 Å². The van der Waals surface area contributed by atoms with E-state index in [4.69, 9.17) is 4.74 Å². The lowest BCUT2D eigenvalue weighted by molar-refractivity contribution is -0.143. The number of carbonyl (C=O) groups is 1. The Morgan fingerprint density at radius 3 is 1.91 bits per heavy atom. The predicted octanol–water partition coefficient (Wildman–Crippen LogP) is 4.25. The monoisotopic (exact) mass is 375 g/mol. The molecule has 0 bridgehead atoms. The summed E-state index contributed by atoms with van der Waals surface area (Å²) in [5.74, 6) is -1.44. The highest BCUT2D eigenvalue weighted by Crippen LogP contribution is 2.27. The first-order valence-corrected chi connectivity index (χ1v) is 7.91. The zero-order chi connectivity index (χ0) is 16.7. The summed E-state index contributed by atoms with van der Waals surface area (Å²) in [5.41, 5.74) is 0.852. The van der Waals surface area contributed by atoms with E-state index >= 15 is 0 Å². The Kier molecular flexibility index (Phi) is 6.05. The van der Waals surface area contributed by atoms with Crippen LogP contribution in [0.2, 0.25) is 0 Å². The Morgan fingerprint density at radius 2 is 1.52 bits per heavy atom. The molecular formula is C17H14BrNO4. The minimum absolute atomic E-state index is 0.0650. The van der Waals surface area contributed by atoms with Crippen LogP contribution in [0.1, 0.15) is 17.2 Å². The minimum atomic E-state index is -0.977.